The van der Waals surface area contributed by atoms with Gasteiger partial charge in [0.05, 0.1) is 12.2 Å². The van der Waals surface area contributed by atoms with E-state index in [1.807, 2.05) is 6.07 Å². The van der Waals surface area contributed by atoms with Crippen molar-refractivity contribution in [3.8, 4) is 0 Å². The third-order valence-electron chi connectivity index (χ3n) is 2.85. The van der Waals surface area contributed by atoms with E-state index in [1.165, 1.54) is 16.9 Å². The fraction of sp³-hybridized carbons (Fsp3) is 0.545. The van der Waals surface area contributed by atoms with Crippen molar-refractivity contribution >= 4 is 27.3 Å². The summed E-state index contributed by atoms with van der Waals surface area (Å²) >= 11 is 1.64. The van der Waals surface area contributed by atoms with E-state index in [0.29, 0.717) is 0 Å². The molecule has 7 heteroatoms. The monoisotopic (exact) mass is 289 g/mol. The average Bonchev–Trinajstić information content (AvgIpc) is 2.84. The molecule has 5 nitrogen and oxygen atoms in total. The summed E-state index contributed by atoms with van der Waals surface area (Å²) in [6.45, 7) is 0.264. The SMILES string of the molecule is O=C(O)CCS(=O)(=O)NCc1cc2c(s1)CCC2. The number of carboxylic acid groups (broad SMARTS) is 1. The van der Waals surface area contributed by atoms with Crippen LogP contribution in [0.3, 0.4) is 0 Å². The highest BCUT2D eigenvalue weighted by Crippen LogP contribution is 2.30. The van der Waals surface area contributed by atoms with Crippen LogP contribution in [0.2, 0.25) is 0 Å². The predicted molar refractivity (Wildman–Crippen MR) is 69.2 cm³/mol. The summed E-state index contributed by atoms with van der Waals surface area (Å²) in [6, 6.07) is 2.05. The first-order valence-corrected chi connectivity index (χ1v) is 8.23. The zero-order chi connectivity index (χ0) is 13.2. The zero-order valence-corrected chi connectivity index (χ0v) is 11.4. The molecule has 100 valence electrons. The number of hydrogen-bond donors (Lipinski definition) is 2. The molecule has 0 radical (unpaired) electrons. The van der Waals surface area contributed by atoms with Crippen LogP contribution in [0, 0.1) is 0 Å². The summed E-state index contributed by atoms with van der Waals surface area (Å²) in [5.41, 5.74) is 1.33. The lowest BCUT2D eigenvalue weighted by Crippen LogP contribution is -2.26. The van der Waals surface area contributed by atoms with Crippen molar-refractivity contribution in [2.75, 3.05) is 5.75 Å². The topological polar surface area (TPSA) is 83.5 Å². The first kappa shape index (κ1) is 13.5. The number of carboxylic acids is 1. The summed E-state index contributed by atoms with van der Waals surface area (Å²) in [6.07, 6.45) is 2.99. The van der Waals surface area contributed by atoms with Gasteiger partial charge in [-0.1, -0.05) is 0 Å². The standard InChI is InChI=1S/C11H15NO4S2/c13-11(14)4-5-18(15,16)12-7-9-6-8-2-1-3-10(8)17-9/h6,12H,1-5,7H2,(H,13,14). The molecule has 0 aliphatic heterocycles. The molecule has 0 saturated carbocycles. The van der Waals surface area contributed by atoms with Crippen LogP contribution in [0.15, 0.2) is 6.07 Å². The van der Waals surface area contributed by atoms with Gasteiger partial charge < -0.3 is 5.11 Å². The summed E-state index contributed by atoms with van der Waals surface area (Å²) in [4.78, 5) is 12.7. The predicted octanol–water partition coefficient (Wildman–Crippen LogP) is 1.13. The Morgan fingerprint density at radius 3 is 2.89 bits per heavy atom. The van der Waals surface area contributed by atoms with E-state index in [1.54, 1.807) is 11.3 Å². The second-order valence-electron chi connectivity index (χ2n) is 4.30. The minimum Gasteiger partial charge on any atom is -0.481 e. The molecule has 2 N–H and O–H groups in total. The van der Waals surface area contributed by atoms with Gasteiger partial charge in [0, 0.05) is 16.3 Å². The van der Waals surface area contributed by atoms with Crippen molar-refractivity contribution in [1.29, 1.82) is 0 Å². The number of sulfonamides is 1. The van der Waals surface area contributed by atoms with Crippen molar-refractivity contribution in [2.24, 2.45) is 0 Å². The lowest BCUT2D eigenvalue weighted by atomic mass is 10.2. The van der Waals surface area contributed by atoms with Gasteiger partial charge in [-0.3, -0.25) is 4.79 Å². The number of aliphatic carboxylic acids is 1. The molecule has 1 aliphatic rings. The van der Waals surface area contributed by atoms with Crippen molar-refractivity contribution < 1.29 is 18.3 Å². The molecule has 0 spiro atoms. The molecule has 18 heavy (non-hydrogen) atoms. The quantitative estimate of drug-likeness (QED) is 0.822. The van der Waals surface area contributed by atoms with E-state index >= 15 is 0 Å². The zero-order valence-electron chi connectivity index (χ0n) is 9.81. The number of carbonyl (C=O) groups is 1. The number of nitrogens with one attached hydrogen (secondary N) is 1. The van der Waals surface area contributed by atoms with Crippen LogP contribution in [-0.4, -0.2) is 25.2 Å². The number of hydrogen-bond acceptors (Lipinski definition) is 4. The van der Waals surface area contributed by atoms with Gasteiger partial charge >= 0.3 is 5.97 Å². The Labute approximate surface area is 110 Å². The van der Waals surface area contributed by atoms with Gasteiger partial charge in [0.25, 0.3) is 0 Å². The van der Waals surface area contributed by atoms with Crippen molar-refractivity contribution in [3.63, 3.8) is 0 Å². The molecule has 0 bridgehead atoms. The van der Waals surface area contributed by atoms with Crippen molar-refractivity contribution in [2.45, 2.75) is 32.2 Å². The molecule has 1 aliphatic carbocycles. The van der Waals surface area contributed by atoms with Crippen LogP contribution >= 0.6 is 11.3 Å². The molecule has 0 unspecified atom stereocenters. The Hall–Kier alpha value is -0.920. The number of aryl methyl sites for hydroxylation is 2. The van der Waals surface area contributed by atoms with E-state index < -0.39 is 16.0 Å². The normalized spacial score (nSPS) is 14.7. The highest BCUT2D eigenvalue weighted by molar-refractivity contribution is 7.89. The lowest BCUT2D eigenvalue weighted by molar-refractivity contribution is -0.136. The first-order chi connectivity index (χ1) is 8.46. The van der Waals surface area contributed by atoms with Crippen LogP contribution in [0.1, 0.15) is 28.2 Å². The Bertz CT molecular complexity index is 526. The van der Waals surface area contributed by atoms with E-state index in [0.717, 1.165) is 17.7 Å². The molecule has 1 heterocycles. The van der Waals surface area contributed by atoms with Crippen LogP contribution in [0.4, 0.5) is 0 Å². The number of thiophene rings is 1. The molecular formula is C11H15NO4S2. The van der Waals surface area contributed by atoms with E-state index in [-0.39, 0.29) is 18.7 Å². The lowest BCUT2D eigenvalue weighted by Gasteiger charge is -2.03. The van der Waals surface area contributed by atoms with Gasteiger partial charge in [-0.25, -0.2) is 13.1 Å². The molecular weight excluding hydrogens is 274 g/mol. The van der Waals surface area contributed by atoms with Gasteiger partial charge in [0.1, 0.15) is 0 Å². The molecule has 2 rings (SSSR count). The molecule has 0 aromatic carbocycles. The number of fused-ring (bicyclic) bond motifs is 1. The molecule has 0 amide bonds. The van der Waals surface area contributed by atoms with Gasteiger partial charge in [0.2, 0.25) is 10.0 Å². The molecule has 1 aromatic rings. The fourth-order valence-electron chi connectivity index (χ4n) is 1.95. The Morgan fingerprint density at radius 1 is 1.44 bits per heavy atom. The Morgan fingerprint density at radius 2 is 2.22 bits per heavy atom. The maximum atomic E-state index is 11.5. The van der Waals surface area contributed by atoms with Crippen LogP contribution in [0.25, 0.3) is 0 Å². The second-order valence-corrected chi connectivity index (χ2v) is 7.45. The Kier molecular flexibility index (Phi) is 4.04. The second kappa shape index (κ2) is 5.38. The van der Waals surface area contributed by atoms with Crippen LogP contribution in [0.5, 0.6) is 0 Å². The maximum absolute atomic E-state index is 11.5. The van der Waals surface area contributed by atoms with Crippen LogP contribution in [-0.2, 0) is 34.2 Å². The van der Waals surface area contributed by atoms with Crippen LogP contribution < -0.4 is 4.72 Å². The highest BCUT2D eigenvalue weighted by Gasteiger charge is 2.17. The minimum absolute atomic E-state index is 0.264. The smallest absolute Gasteiger partial charge is 0.304 e. The third kappa shape index (κ3) is 3.54. The third-order valence-corrected chi connectivity index (χ3v) is 5.41. The van der Waals surface area contributed by atoms with Crippen molar-refractivity contribution in [1.82, 2.24) is 4.72 Å². The van der Waals surface area contributed by atoms with Gasteiger partial charge in [-0.15, -0.1) is 11.3 Å². The minimum atomic E-state index is -3.49. The summed E-state index contributed by atoms with van der Waals surface area (Å²) < 4.78 is 25.5. The van der Waals surface area contributed by atoms with E-state index in [2.05, 4.69) is 4.72 Å². The number of rotatable bonds is 6. The average molecular weight is 289 g/mol. The van der Waals surface area contributed by atoms with Gasteiger partial charge in [-0.2, -0.15) is 0 Å². The highest BCUT2D eigenvalue weighted by atomic mass is 32.2. The molecule has 1 aromatic heterocycles. The molecule has 0 saturated heterocycles. The summed E-state index contributed by atoms with van der Waals surface area (Å²) in [5.74, 6) is -1.47. The largest absolute Gasteiger partial charge is 0.481 e. The first-order valence-electron chi connectivity index (χ1n) is 5.76. The maximum Gasteiger partial charge on any atom is 0.304 e. The van der Waals surface area contributed by atoms with E-state index in [9.17, 15) is 13.2 Å². The molecule has 0 fully saturated rings. The van der Waals surface area contributed by atoms with Gasteiger partial charge in [0.15, 0.2) is 0 Å². The fourth-order valence-corrected chi connectivity index (χ4v) is 4.21. The van der Waals surface area contributed by atoms with Crippen molar-refractivity contribution in [3.05, 3.63) is 21.4 Å². The van der Waals surface area contributed by atoms with E-state index in [4.69, 9.17) is 5.11 Å². The van der Waals surface area contributed by atoms with Gasteiger partial charge in [-0.05, 0) is 30.9 Å². The molecule has 0 atom stereocenters. The Balaban J connectivity index is 1.88. The summed E-state index contributed by atoms with van der Waals surface area (Å²) in [7, 11) is -3.49. The summed E-state index contributed by atoms with van der Waals surface area (Å²) in [5, 5.41) is 8.45.